The van der Waals surface area contributed by atoms with Crippen LogP contribution in [0.5, 0.6) is 0 Å². The van der Waals surface area contributed by atoms with Crippen LogP contribution in [0.4, 0.5) is 5.69 Å². The molecule has 1 saturated heterocycles. The zero-order valence-corrected chi connectivity index (χ0v) is 11.8. The molecule has 1 aliphatic heterocycles. The standard InChI is InChI=1S/C11H16N2O3S2/c1-9-8-10(2-3-11(9)12)18(15,16)13-4-6-17(14)7-5-13/h2-3,8H,4-7,12H2,1H3. The Balaban J connectivity index is 2.30. The molecule has 0 saturated carbocycles. The molecule has 0 radical (unpaired) electrons. The van der Waals surface area contributed by atoms with Gasteiger partial charge in [0.15, 0.2) is 0 Å². The van der Waals surface area contributed by atoms with E-state index in [9.17, 15) is 12.6 Å². The van der Waals surface area contributed by atoms with Crippen LogP contribution in [-0.2, 0) is 20.8 Å². The number of hydrogen-bond acceptors (Lipinski definition) is 4. The number of rotatable bonds is 2. The summed E-state index contributed by atoms with van der Waals surface area (Å²) in [6.45, 7) is 2.41. The van der Waals surface area contributed by atoms with E-state index in [-0.39, 0.29) is 4.90 Å². The summed E-state index contributed by atoms with van der Waals surface area (Å²) >= 11 is 0. The minimum Gasteiger partial charge on any atom is -0.399 e. The van der Waals surface area contributed by atoms with Gasteiger partial charge in [-0.1, -0.05) is 0 Å². The number of aryl methyl sites for hydroxylation is 1. The summed E-state index contributed by atoms with van der Waals surface area (Å²) < 4.78 is 37.3. The number of anilines is 1. The number of nitrogens with two attached hydrogens (primary N) is 1. The highest BCUT2D eigenvalue weighted by Gasteiger charge is 2.28. The molecule has 0 atom stereocenters. The summed E-state index contributed by atoms with van der Waals surface area (Å²) in [7, 11) is -4.37. The van der Waals surface area contributed by atoms with Crippen molar-refractivity contribution in [2.24, 2.45) is 0 Å². The predicted molar refractivity (Wildman–Crippen MR) is 72.2 cm³/mol. The molecule has 7 heteroatoms. The van der Waals surface area contributed by atoms with Gasteiger partial charge in [0.2, 0.25) is 10.0 Å². The van der Waals surface area contributed by atoms with E-state index in [1.165, 1.54) is 10.4 Å². The highest BCUT2D eigenvalue weighted by Crippen LogP contribution is 2.21. The van der Waals surface area contributed by atoms with Gasteiger partial charge in [-0.25, -0.2) is 8.42 Å². The molecule has 18 heavy (non-hydrogen) atoms. The van der Waals surface area contributed by atoms with Gasteiger partial charge in [-0.3, -0.25) is 4.21 Å². The minimum absolute atomic E-state index is 0.252. The predicted octanol–water partition coefficient (Wildman–Crippen LogP) is 0.330. The molecule has 1 fully saturated rings. The van der Waals surface area contributed by atoms with Crippen LogP contribution in [0.2, 0.25) is 0 Å². The van der Waals surface area contributed by atoms with Gasteiger partial charge in [-0.05, 0) is 30.7 Å². The summed E-state index contributed by atoms with van der Waals surface area (Å²) in [6, 6.07) is 4.70. The average molecular weight is 288 g/mol. The van der Waals surface area contributed by atoms with E-state index in [2.05, 4.69) is 0 Å². The maximum Gasteiger partial charge on any atom is 0.243 e. The lowest BCUT2D eigenvalue weighted by Crippen LogP contribution is -2.41. The molecule has 1 aromatic rings. The Hall–Kier alpha value is -0.920. The summed E-state index contributed by atoms with van der Waals surface area (Å²) in [5.74, 6) is 0.820. The van der Waals surface area contributed by atoms with E-state index < -0.39 is 20.8 Å². The van der Waals surface area contributed by atoms with Gasteiger partial charge in [0.25, 0.3) is 0 Å². The second kappa shape index (κ2) is 4.99. The van der Waals surface area contributed by atoms with Gasteiger partial charge >= 0.3 is 0 Å². The highest BCUT2D eigenvalue weighted by molar-refractivity contribution is 7.89. The van der Waals surface area contributed by atoms with Crippen molar-refractivity contribution < 1.29 is 12.6 Å². The Kier molecular flexibility index (Phi) is 3.74. The van der Waals surface area contributed by atoms with Gasteiger partial charge in [-0.15, -0.1) is 0 Å². The van der Waals surface area contributed by atoms with Gasteiger partial charge < -0.3 is 5.73 Å². The van der Waals surface area contributed by atoms with Crippen LogP contribution in [0.1, 0.15) is 5.56 Å². The highest BCUT2D eigenvalue weighted by atomic mass is 32.2. The second-order valence-electron chi connectivity index (χ2n) is 4.27. The number of sulfonamides is 1. The van der Waals surface area contributed by atoms with E-state index in [0.29, 0.717) is 30.3 Å². The van der Waals surface area contributed by atoms with Crippen LogP contribution in [0.25, 0.3) is 0 Å². The number of benzene rings is 1. The molecule has 0 amide bonds. The van der Waals surface area contributed by atoms with Crippen LogP contribution in [-0.4, -0.2) is 41.5 Å². The largest absolute Gasteiger partial charge is 0.399 e. The lowest BCUT2D eigenvalue weighted by molar-refractivity contribution is 0.438. The number of nitrogen functional groups attached to an aromatic ring is 1. The van der Waals surface area contributed by atoms with Crippen molar-refractivity contribution in [3.63, 3.8) is 0 Å². The van der Waals surface area contributed by atoms with Crippen molar-refractivity contribution >= 4 is 26.5 Å². The van der Waals surface area contributed by atoms with E-state index >= 15 is 0 Å². The average Bonchev–Trinajstić information content (AvgIpc) is 2.33. The first-order chi connectivity index (χ1) is 8.41. The molecule has 0 aliphatic carbocycles. The molecule has 1 heterocycles. The fourth-order valence-electron chi connectivity index (χ4n) is 1.82. The Bertz CT molecular complexity index is 574. The van der Waals surface area contributed by atoms with E-state index in [0.717, 1.165) is 5.56 Å². The summed E-state index contributed by atoms with van der Waals surface area (Å²) in [6.07, 6.45) is 0. The van der Waals surface area contributed by atoms with Gasteiger partial charge in [0.1, 0.15) is 0 Å². The van der Waals surface area contributed by atoms with Crippen molar-refractivity contribution in [1.29, 1.82) is 0 Å². The molecule has 5 nitrogen and oxygen atoms in total. The Labute approximate surface area is 109 Å². The van der Waals surface area contributed by atoms with Crippen molar-refractivity contribution in [2.45, 2.75) is 11.8 Å². The molecule has 0 unspecified atom stereocenters. The van der Waals surface area contributed by atoms with Crippen LogP contribution in [0, 0.1) is 6.92 Å². The lowest BCUT2D eigenvalue weighted by Gasteiger charge is -2.25. The fraction of sp³-hybridized carbons (Fsp3) is 0.455. The Morgan fingerprint density at radius 1 is 1.28 bits per heavy atom. The van der Waals surface area contributed by atoms with Gasteiger partial charge in [0, 0.05) is 41.1 Å². The molecule has 2 N–H and O–H groups in total. The molecule has 2 rings (SSSR count). The fourth-order valence-corrected chi connectivity index (χ4v) is 4.63. The first kappa shape index (κ1) is 13.5. The van der Waals surface area contributed by atoms with Crippen molar-refractivity contribution in [2.75, 3.05) is 30.3 Å². The zero-order chi connectivity index (χ0) is 13.3. The van der Waals surface area contributed by atoms with Crippen molar-refractivity contribution in [3.8, 4) is 0 Å². The molecule has 1 aromatic carbocycles. The van der Waals surface area contributed by atoms with Crippen LogP contribution < -0.4 is 5.73 Å². The van der Waals surface area contributed by atoms with Crippen LogP contribution >= 0.6 is 0 Å². The molecular weight excluding hydrogens is 272 g/mol. The van der Waals surface area contributed by atoms with E-state index in [1.807, 2.05) is 0 Å². The van der Waals surface area contributed by atoms with Crippen LogP contribution in [0.15, 0.2) is 23.1 Å². The summed E-state index contributed by atoms with van der Waals surface area (Å²) in [5.41, 5.74) is 7.00. The monoisotopic (exact) mass is 288 g/mol. The molecule has 100 valence electrons. The van der Waals surface area contributed by atoms with Crippen LogP contribution in [0.3, 0.4) is 0 Å². The SMILES string of the molecule is Cc1cc(S(=O)(=O)N2CCS(=O)CC2)ccc1N. The molecule has 0 spiro atoms. The van der Waals surface area contributed by atoms with E-state index in [1.54, 1.807) is 19.1 Å². The molecule has 1 aliphatic rings. The maximum absolute atomic E-state index is 12.3. The quantitative estimate of drug-likeness (QED) is 0.795. The lowest BCUT2D eigenvalue weighted by atomic mass is 10.2. The third-order valence-electron chi connectivity index (χ3n) is 3.02. The number of hydrogen-bond donors (Lipinski definition) is 1. The molecule has 0 aromatic heterocycles. The molecular formula is C11H16N2O3S2. The third-order valence-corrected chi connectivity index (χ3v) is 6.19. The Morgan fingerprint density at radius 3 is 2.44 bits per heavy atom. The number of nitrogens with zero attached hydrogens (tertiary/aromatic N) is 1. The van der Waals surface area contributed by atoms with E-state index in [4.69, 9.17) is 5.73 Å². The van der Waals surface area contributed by atoms with Crippen molar-refractivity contribution in [3.05, 3.63) is 23.8 Å². The second-order valence-corrected chi connectivity index (χ2v) is 7.90. The molecule has 0 bridgehead atoms. The maximum atomic E-state index is 12.3. The zero-order valence-electron chi connectivity index (χ0n) is 10.1. The van der Waals surface area contributed by atoms with Gasteiger partial charge in [-0.2, -0.15) is 4.31 Å². The first-order valence-electron chi connectivity index (χ1n) is 5.62. The smallest absolute Gasteiger partial charge is 0.243 e. The normalized spacial score (nSPS) is 18.9. The third kappa shape index (κ3) is 2.57. The first-order valence-corrected chi connectivity index (χ1v) is 8.55. The summed E-state index contributed by atoms with van der Waals surface area (Å²) in [4.78, 5) is 0.252. The van der Waals surface area contributed by atoms with Crippen molar-refractivity contribution in [1.82, 2.24) is 4.31 Å². The minimum atomic E-state index is -3.48. The van der Waals surface area contributed by atoms with Gasteiger partial charge in [0.05, 0.1) is 4.90 Å². The topological polar surface area (TPSA) is 80.5 Å². The Morgan fingerprint density at radius 2 is 1.89 bits per heavy atom. The summed E-state index contributed by atoms with van der Waals surface area (Å²) in [5, 5.41) is 0.